The van der Waals surface area contributed by atoms with E-state index in [-0.39, 0.29) is 17.0 Å². The molecule has 2 aromatic carbocycles. The summed E-state index contributed by atoms with van der Waals surface area (Å²) in [6.07, 6.45) is 0. The molecule has 0 aliphatic rings. The van der Waals surface area contributed by atoms with Gasteiger partial charge in [0.05, 0.1) is 12.8 Å². The summed E-state index contributed by atoms with van der Waals surface area (Å²) in [5.41, 5.74) is 4.36. The lowest BCUT2D eigenvalue weighted by atomic mass is 10.2. The van der Waals surface area contributed by atoms with Crippen LogP contribution in [0.3, 0.4) is 0 Å². The highest BCUT2D eigenvalue weighted by Gasteiger charge is 2.06. The molecule has 3 aromatic rings. The summed E-state index contributed by atoms with van der Waals surface area (Å²) in [7, 11) is 1.67. The zero-order chi connectivity index (χ0) is 14.7. The van der Waals surface area contributed by atoms with Crippen LogP contribution in [0.25, 0.3) is 11.3 Å². The highest BCUT2D eigenvalue weighted by Crippen LogP contribution is 2.29. The van der Waals surface area contributed by atoms with Gasteiger partial charge in [0.25, 0.3) is 0 Å². The van der Waals surface area contributed by atoms with Gasteiger partial charge in [-0.05, 0) is 42.8 Å². The number of nitrogens with one attached hydrogen (secondary N) is 1. The largest absolute Gasteiger partial charge is 0.497 e. The fourth-order valence-electron chi connectivity index (χ4n) is 2.05. The molecule has 114 valence electrons. The molecule has 22 heavy (non-hydrogen) atoms. The standard InChI is InChI=1S/C17H16N2OS.BrH/c1-12-5-3-4-6-15(12)18-17-19-16(11-21-17)13-7-9-14(20-2)10-8-13;/h3-11H,1-2H3,(H,18,19);1H. The van der Waals surface area contributed by atoms with Crippen molar-refractivity contribution < 1.29 is 4.74 Å². The minimum atomic E-state index is 0. The number of thiazole rings is 1. The maximum atomic E-state index is 5.17. The van der Waals surface area contributed by atoms with E-state index in [1.807, 2.05) is 36.4 Å². The number of aromatic nitrogens is 1. The lowest BCUT2D eigenvalue weighted by Crippen LogP contribution is -1.92. The number of ether oxygens (including phenoxy) is 1. The normalized spacial score (nSPS) is 9.91. The van der Waals surface area contributed by atoms with Crippen LogP contribution >= 0.6 is 28.3 Å². The van der Waals surface area contributed by atoms with Crippen molar-refractivity contribution in [1.82, 2.24) is 4.98 Å². The van der Waals surface area contributed by atoms with Crippen molar-refractivity contribution in [3.63, 3.8) is 0 Å². The molecule has 5 heteroatoms. The van der Waals surface area contributed by atoms with E-state index >= 15 is 0 Å². The smallest absolute Gasteiger partial charge is 0.187 e. The fourth-order valence-corrected chi connectivity index (χ4v) is 2.79. The third-order valence-corrected chi connectivity index (χ3v) is 4.03. The predicted octanol–water partition coefficient (Wildman–Crippen LogP) is 5.45. The van der Waals surface area contributed by atoms with Crippen LogP contribution in [0, 0.1) is 6.92 Å². The molecule has 0 atom stereocenters. The molecule has 1 heterocycles. The number of halogens is 1. The first-order valence-corrected chi connectivity index (χ1v) is 7.57. The summed E-state index contributed by atoms with van der Waals surface area (Å²) >= 11 is 1.60. The number of rotatable bonds is 4. The number of para-hydroxylation sites is 1. The van der Waals surface area contributed by atoms with Gasteiger partial charge < -0.3 is 10.1 Å². The van der Waals surface area contributed by atoms with E-state index in [1.165, 1.54) is 5.56 Å². The van der Waals surface area contributed by atoms with Gasteiger partial charge in [0.15, 0.2) is 5.13 Å². The van der Waals surface area contributed by atoms with Crippen molar-refractivity contribution in [2.75, 3.05) is 12.4 Å². The van der Waals surface area contributed by atoms with Gasteiger partial charge in [0, 0.05) is 16.6 Å². The Morgan fingerprint density at radius 1 is 1.05 bits per heavy atom. The van der Waals surface area contributed by atoms with Crippen molar-refractivity contribution in [1.29, 1.82) is 0 Å². The van der Waals surface area contributed by atoms with Crippen molar-refractivity contribution in [2.45, 2.75) is 6.92 Å². The van der Waals surface area contributed by atoms with Crippen molar-refractivity contribution in [3.05, 3.63) is 59.5 Å². The summed E-state index contributed by atoms with van der Waals surface area (Å²) in [5, 5.41) is 6.32. The average molecular weight is 377 g/mol. The van der Waals surface area contributed by atoms with E-state index in [0.717, 1.165) is 27.8 Å². The molecule has 0 amide bonds. The van der Waals surface area contributed by atoms with E-state index in [1.54, 1.807) is 18.4 Å². The maximum absolute atomic E-state index is 5.17. The number of hydrogen-bond acceptors (Lipinski definition) is 4. The second kappa shape index (κ2) is 7.42. The number of nitrogens with zero attached hydrogens (tertiary/aromatic N) is 1. The van der Waals surface area contributed by atoms with Crippen LogP contribution in [0.1, 0.15) is 5.56 Å². The molecule has 3 nitrogen and oxygen atoms in total. The number of methoxy groups -OCH3 is 1. The van der Waals surface area contributed by atoms with Gasteiger partial charge in [-0.3, -0.25) is 0 Å². The molecule has 0 spiro atoms. The molecule has 1 N–H and O–H groups in total. The highest BCUT2D eigenvalue weighted by molar-refractivity contribution is 8.93. The lowest BCUT2D eigenvalue weighted by Gasteiger charge is -2.05. The van der Waals surface area contributed by atoms with E-state index in [4.69, 9.17) is 4.74 Å². The first-order chi connectivity index (χ1) is 10.3. The van der Waals surface area contributed by atoms with Crippen LogP contribution in [-0.2, 0) is 0 Å². The first kappa shape index (κ1) is 16.5. The van der Waals surface area contributed by atoms with Gasteiger partial charge in [-0.25, -0.2) is 4.98 Å². The Balaban J connectivity index is 0.00000176. The Hall–Kier alpha value is -1.85. The second-order valence-electron chi connectivity index (χ2n) is 4.71. The number of hydrogen-bond donors (Lipinski definition) is 1. The van der Waals surface area contributed by atoms with Gasteiger partial charge in [0.2, 0.25) is 0 Å². The third kappa shape index (κ3) is 3.67. The molecule has 0 aliphatic carbocycles. The van der Waals surface area contributed by atoms with Gasteiger partial charge in [-0.2, -0.15) is 0 Å². The Kier molecular flexibility index (Phi) is 5.57. The number of aryl methyl sites for hydroxylation is 1. The maximum Gasteiger partial charge on any atom is 0.187 e. The van der Waals surface area contributed by atoms with Crippen LogP contribution in [0.15, 0.2) is 53.9 Å². The van der Waals surface area contributed by atoms with Crippen LogP contribution in [0.4, 0.5) is 10.8 Å². The summed E-state index contributed by atoms with van der Waals surface area (Å²) in [4.78, 5) is 4.64. The van der Waals surface area contributed by atoms with Crippen molar-refractivity contribution in [3.8, 4) is 17.0 Å². The summed E-state index contributed by atoms with van der Waals surface area (Å²) in [6, 6.07) is 16.1. The molecule has 1 aromatic heterocycles. The van der Waals surface area contributed by atoms with E-state index in [9.17, 15) is 0 Å². The Morgan fingerprint density at radius 3 is 2.45 bits per heavy atom. The number of benzene rings is 2. The molecule has 0 radical (unpaired) electrons. The lowest BCUT2D eigenvalue weighted by molar-refractivity contribution is 0.415. The summed E-state index contributed by atoms with van der Waals surface area (Å²) < 4.78 is 5.17. The molecule has 3 rings (SSSR count). The van der Waals surface area contributed by atoms with E-state index < -0.39 is 0 Å². The molecule has 0 bridgehead atoms. The Labute approximate surface area is 144 Å². The van der Waals surface area contributed by atoms with Crippen LogP contribution in [0.5, 0.6) is 5.75 Å². The Morgan fingerprint density at radius 2 is 1.77 bits per heavy atom. The number of anilines is 2. The zero-order valence-corrected chi connectivity index (χ0v) is 14.9. The quantitative estimate of drug-likeness (QED) is 0.657. The second-order valence-corrected chi connectivity index (χ2v) is 5.56. The minimum Gasteiger partial charge on any atom is -0.497 e. The molecule has 0 fully saturated rings. The van der Waals surface area contributed by atoms with Gasteiger partial charge in [0.1, 0.15) is 5.75 Å². The highest BCUT2D eigenvalue weighted by atomic mass is 79.9. The van der Waals surface area contributed by atoms with Gasteiger partial charge in [-0.15, -0.1) is 28.3 Å². The van der Waals surface area contributed by atoms with E-state index in [0.29, 0.717) is 0 Å². The SMILES string of the molecule is Br.COc1ccc(-c2csc(Nc3ccccc3C)n2)cc1. The molecule has 0 saturated carbocycles. The molecule has 0 saturated heterocycles. The van der Waals surface area contributed by atoms with Crippen LogP contribution in [0.2, 0.25) is 0 Å². The molecular weight excluding hydrogens is 360 g/mol. The molecular formula is C17H17BrN2OS. The first-order valence-electron chi connectivity index (χ1n) is 6.69. The summed E-state index contributed by atoms with van der Waals surface area (Å²) in [5.74, 6) is 0.854. The monoisotopic (exact) mass is 376 g/mol. The topological polar surface area (TPSA) is 34.1 Å². The zero-order valence-electron chi connectivity index (χ0n) is 12.4. The third-order valence-electron chi connectivity index (χ3n) is 3.28. The Bertz CT molecular complexity index is 740. The van der Waals surface area contributed by atoms with Crippen LogP contribution in [-0.4, -0.2) is 12.1 Å². The average Bonchev–Trinajstić information content (AvgIpc) is 2.98. The fraction of sp³-hybridized carbons (Fsp3) is 0.118. The van der Waals surface area contributed by atoms with Gasteiger partial charge in [-0.1, -0.05) is 18.2 Å². The predicted molar refractivity (Wildman–Crippen MR) is 98.9 cm³/mol. The minimum absolute atomic E-state index is 0. The van der Waals surface area contributed by atoms with Crippen molar-refractivity contribution >= 4 is 39.1 Å². The van der Waals surface area contributed by atoms with Crippen LogP contribution < -0.4 is 10.1 Å². The van der Waals surface area contributed by atoms with E-state index in [2.05, 4.69) is 34.7 Å². The van der Waals surface area contributed by atoms with Gasteiger partial charge >= 0.3 is 0 Å². The molecule has 0 aliphatic heterocycles. The van der Waals surface area contributed by atoms with Crippen molar-refractivity contribution in [2.24, 2.45) is 0 Å². The summed E-state index contributed by atoms with van der Waals surface area (Å²) in [6.45, 7) is 2.08. The molecule has 0 unspecified atom stereocenters.